The van der Waals surface area contributed by atoms with Crippen LogP contribution in [0.25, 0.3) is 0 Å². The standard InChI is InChI=1S/C16H19N3O3/c1-3-16(12-6-8-13(9-7-12)22-4-2)14(20)19(11-5-10-17)15(21)18-16/h6-9H,3-5,11H2,1-2H3,(H,18,21). The van der Waals surface area contributed by atoms with Gasteiger partial charge in [0.05, 0.1) is 19.1 Å². The third-order valence-electron chi connectivity index (χ3n) is 3.81. The lowest BCUT2D eigenvalue weighted by Crippen LogP contribution is -2.43. The van der Waals surface area contributed by atoms with Crippen molar-refractivity contribution < 1.29 is 14.3 Å². The number of nitriles is 1. The number of carbonyl (C=O) groups excluding carboxylic acids is 2. The lowest BCUT2D eigenvalue weighted by atomic mass is 9.87. The quantitative estimate of drug-likeness (QED) is 0.816. The van der Waals surface area contributed by atoms with Crippen LogP contribution in [0.5, 0.6) is 5.75 Å². The summed E-state index contributed by atoms with van der Waals surface area (Å²) in [5, 5.41) is 11.4. The number of nitrogens with zero attached hydrogens (tertiary/aromatic N) is 2. The number of ether oxygens (including phenoxy) is 1. The Balaban J connectivity index is 2.31. The van der Waals surface area contributed by atoms with E-state index < -0.39 is 11.6 Å². The van der Waals surface area contributed by atoms with Crippen LogP contribution in [0, 0.1) is 11.3 Å². The molecule has 1 atom stereocenters. The van der Waals surface area contributed by atoms with Gasteiger partial charge >= 0.3 is 6.03 Å². The van der Waals surface area contributed by atoms with Crippen LogP contribution in [-0.2, 0) is 10.3 Å². The highest BCUT2D eigenvalue weighted by Crippen LogP contribution is 2.33. The minimum Gasteiger partial charge on any atom is -0.494 e. The SMILES string of the molecule is CCOc1ccc(C2(CC)NC(=O)N(CCC#N)C2=O)cc1. The van der Waals surface area contributed by atoms with E-state index in [1.165, 1.54) is 0 Å². The first kappa shape index (κ1) is 15.8. The molecule has 0 bridgehead atoms. The molecule has 6 nitrogen and oxygen atoms in total. The molecule has 1 unspecified atom stereocenters. The van der Waals surface area contributed by atoms with Crippen molar-refractivity contribution in [3.63, 3.8) is 0 Å². The van der Waals surface area contributed by atoms with Gasteiger partial charge in [-0.25, -0.2) is 4.79 Å². The molecule has 116 valence electrons. The number of nitrogens with one attached hydrogen (secondary N) is 1. The highest BCUT2D eigenvalue weighted by atomic mass is 16.5. The van der Waals surface area contributed by atoms with Crippen molar-refractivity contribution in [1.29, 1.82) is 5.26 Å². The molecule has 6 heteroatoms. The zero-order valence-electron chi connectivity index (χ0n) is 12.8. The molecule has 1 N–H and O–H groups in total. The van der Waals surface area contributed by atoms with E-state index in [0.29, 0.717) is 13.0 Å². The summed E-state index contributed by atoms with van der Waals surface area (Å²) in [6, 6.07) is 8.66. The van der Waals surface area contributed by atoms with Gasteiger partial charge in [0.2, 0.25) is 0 Å². The first-order chi connectivity index (χ1) is 10.6. The molecule has 0 spiro atoms. The first-order valence-corrected chi connectivity index (χ1v) is 7.33. The van der Waals surface area contributed by atoms with Gasteiger partial charge < -0.3 is 10.1 Å². The highest BCUT2D eigenvalue weighted by Gasteiger charge is 2.50. The Labute approximate surface area is 129 Å². The van der Waals surface area contributed by atoms with E-state index in [2.05, 4.69) is 5.32 Å². The fraction of sp³-hybridized carbons (Fsp3) is 0.438. The molecular formula is C16H19N3O3. The molecule has 0 radical (unpaired) electrons. The molecular weight excluding hydrogens is 282 g/mol. The molecule has 1 aliphatic rings. The van der Waals surface area contributed by atoms with Crippen LogP contribution < -0.4 is 10.1 Å². The maximum Gasteiger partial charge on any atom is 0.325 e. The largest absolute Gasteiger partial charge is 0.494 e. The smallest absolute Gasteiger partial charge is 0.325 e. The van der Waals surface area contributed by atoms with E-state index in [-0.39, 0.29) is 18.9 Å². The van der Waals surface area contributed by atoms with Crippen molar-refractivity contribution in [3.05, 3.63) is 29.8 Å². The molecule has 1 aromatic rings. The fourth-order valence-electron chi connectivity index (χ4n) is 2.63. The summed E-state index contributed by atoms with van der Waals surface area (Å²) in [6.07, 6.45) is 0.566. The zero-order valence-corrected chi connectivity index (χ0v) is 12.8. The number of benzene rings is 1. The molecule has 1 fully saturated rings. The van der Waals surface area contributed by atoms with Gasteiger partial charge in [-0.3, -0.25) is 9.69 Å². The van der Waals surface area contributed by atoms with E-state index in [1.54, 1.807) is 24.3 Å². The highest BCUT2D eigenvalue weighted by molar-refractivity contribution is 6.07. The second kappa shape index (κ2) is 6.48. The molecule has 0 aliphatic carbocycles. The van der Waals surface area contributed by atoms with Gasteiger partial charge in [-0.1, -0.05) is 19.1 Å². The first-order valence-electron chi connectivity index (χ1n) is 7.33. The van der Waals surface area contributed by atoms with E-state index in [1.807, 2.05) is 19.9 Å². The number of imide groups is 1. The molecule has 0 saturated carbocycles. The summed E-state index contributed by atoms with van der Waals surface area (Å²) in [5.74, 6) is 0.412. The molecule has 1 saturated heterocycles. The maximum absolute atomic E-state index is 12.7. The maximum atomic E-state index is 12.7. The average molecular weight is 301 g/mol. The van der Waals surface area contributed by atoms with Crippen molar-refractivity contribution in [3.8, 4) is 11.8 Å². The van der Waals surface area contributed by atoms with Crippen molar-refractivity contribution in [1.82, 2.24) is 10.2 Å². The number of urea groups is 1. The molecule has 1 aromatic carbocycles. The van der Waals surface area contributed by atoms with E-state index in [9.17, 15) is 9.59 Å². The Hall–Kier alpha value is -2.55. The van der Waals surface area contributed by atoms with Crippen LogP contribution in [0.1, 0.15) is 32.3 Å². The van der Waals surface area contributed by atoms with Crippen LogP contribution in [0.4, 0.5) is 4.79 Å². The molecule has 0 aromatic heterocycles. The predicted molar refractivity (Wildman–Crippen MR) is 80.1 cm³/mol. The van der Waals surface area contributed by atoms with Crippen LogP contribution in [0.15, 0.2) is 24.3 Å². The Kier molecular flexibility index (Phi) is 4.66. The number of hydrogen-bond donors (Lipinski definition) is 1. The van der Waals surface area contributed by atoms with Crippen molar-refractivity contribution >= 4 is 11.9 Å². The van der Waals surface area contributed by atoms with Crippen molar-refractivity contribution in [2.75, 3.05) is 13.2 Å². The van der Waals surface area contributed by atoms with Gasteiger partial charge in [0, 0.05) is 6.54 Å². The Morgan fingerprint density at radius 2 is 1.95 bits per heavy atom. The second-order valence-corrected chi connectivity index (χ2v) is 5.01. The van der Waals surface area contributed by atoms with Crippen LogP contribution in [-0.4, -0.2) is 30.0 Å². The lowest BCUT2D eigenvalue weighted by Gasteiger charge is -2.26. The monoisotopic (exact) mass is 301 g/mol. The zero-order chi connectivity index (χ0) is 16.2. The summed E-state index contributed by atoms with van der Waals surface area (Å²) in [4.78, 5) is 25.9. The summed E-state index contributed by atoms with van der Waals surface area (Å²) >= 11 is 0. The number of rotatable bonds is 6. The van der Waals surface area contributed by atoms with Gasteiger partial charge in [0.25, 0.3) is 5.91 Å². The van der Waals surface area contributed by atoms with Crippen molar-refractivity contribution in [2.24, 2.45) is 0 Å². The van der Waals surface area contributed by atoms with Crippen LogP contribution in [0.3, 0.4) is 0 Å². The summed E-state index contributed by atoms with van der Waals surface area (Å²) in [7, 11) is 0. The second-order valence-electron chi connectivity index (χ2n) is 5.01. The normalized spacial score (nSPS) is 20.7. The van der Waals surface area contributed by atoms with E-state index in [4.69, 9.17) is 10.00 Å². The van der Waals surface area contributed by atoms with E-state index >= 15 is 0 Å². The molecule has 3 amide bonds. The topological polar surface area (TPSA) is 82.4 Å². The molecule has 1 heterocycles. The third kappa shape index (κ3) is 2.62. The van der Waals surface area contributed by atoms with Gasteiger partial charge in [-0.15, -0.1) is 0 Å². The number of hydrogen-bond acceptors (Lipinski definition) is 4. The minimum atomic E-state index is -1.06. The van der Waals surface area contributed by atoms with Gasteiger partial charge in [0.15, 0.2) is 0 Å². The van der Waals surface area contributed by atoms with E-state index in [0.717, 1.165) is 16.2 Å². The average Bonchev–Trinajstić information content (AvgIpc) is 2.78. The Bertz CT molecular complexity index is 606. The minimum absolute atomic E-state index is 0.111. The predicted octanol–water partition coefficient (Wildman–Crippen LogP) is 2.16. The Morgan fingerprint density at radius 3 is 2.50 bits per heavy atom. The van der Waals surface area contributed by atoms with Crippen LogP contribution >= 0.6 is 0 Å². The number of carbonyl (C=O) groups is 2. The summed E-state index contributed by atoms with van der Waals surface area (Å²) in [5.41, 5.74) is -0.339. The van der Waals surface area contributed by atoms with Crippen LogP contribution in [0.2, 0.25) is 0 Å². The lowest BCUT2D eigenvalue weighted by molar-refractivity contribution is -0.131. The molecule has 2 rings (SSSR count). The van der Waals surface area contributed by atoms with Gasteiger partial charge in [-0.05, 0) is 31.0 Å². The molecule has 1 aliphatic heterocycles. The third-order valence-corrected chi connectivity index (χ3v) is 3.81. The number of amides is 3. The summed E-state index contributed by atoms with van der Waals surface area (Å²) < 4.78 is 5.39. The summed E-state index contributed by atoms with van der Waals surface area (Å²) in [6.45, 7) is 4.42. The fourth-order valence-corrected chi connectivity index (χ4v) is 2.63. The van der Waals surface area contributed by atoms with Crippen molar-refractivity contribution in [2.45, 2.75) is 32.2 Å². The molecule has 22 heavy (non-hydrogen) atoms. The Morgan fingerprint density at radius 1 is 1.27 bits per heavy atom. The van der Waals surface area contributed by atoms with Gasteiger partial charge in [0.1, 0.15) is 11.3 Å². The van der Waals surface area contributed by atoms with Gasteiger partial charge in [-0.2, -0.15) is 5.26 Å².